The highest BCUT2D eigenvalue weighted by Gasteiger charge is 2.22. The highest BCUT2D eigenvalue weighted by Crippen LogP contribution is 2.16. The van der Waals surface area contributed by atoms with E-state index in [0.29, 0.717) is 12.0 Å². The average molecular weight is 248 g/mol. The maximum Gasteiger partial charge on any atom is 0.118 e. The van der Waals surface area contributed by atoms with Gasteiger partial charge >= 0.3 is 0 Å². The van der Waals surface area contributed by atoms with Crippen molar-refractivity contribution in [3.05, 3.63) is 29.8 Å². The van der Waals surface area contributed by atoms with Crippen molar-refractivity contribution in [2.75, 3.05) is 26.7 Å². The first-order valence-corrected chi connectivity index (χ1v) is 6.80. The molecule has 0 radical (unpaired) electrons. The van der Waals surface area contributed by atoms with Crippen molar-refractivity contribution in [2.24, 2.45) is 11.7 Å². The molecule has 0 aliphatic carbocycles. The Kier molecular flexibility index (Phi) is 4.61. The molecule has 0 aromatic heterocycles. The van der Waals surface area contributed by atoms with E-state index >= 15 is 0 Å². The number of ether oxygens (including phenoxy) is 1. The van der Waals surface area contributed by atoms with Gasteiger partial charge in [-0.2, -0.15) is 0 Å². The maximum absolute atomic E-state index is 6.12. The Labute approximate surface area is 110 Å². The molecule has 2 N–H and O–H groups in total. The Morgan fingerprint density at radius 1 is 1.33 bits per heavy atom. The highest BCUT2D eigenvalue weighted by atomic mass is 16.5. The summed E-state index contributed by atoms with van der Waals surface area (Å²) < 4.78 is 5.16. The van der Waals surface area contributed by atoms with Crippen LogP contribution in [0.25, 0.3) is 0 Å². The second kappa shape index (κ2) is 6.21. The highest BCUT2D eigenvalue weighted by molar-refractivity contribution is 5.27. The van der Waals surface area contributed by atoms with Crippen molar-refractivity contribution in [3.8, 4) is 5.75 Å². The van der Waals surface area contributed by atoms with Gasteiger partial charge in [-0.3, -0.25) is 0 Å². The van der Waals surface area contributed by atoms with Gasteiger partial charge in [-0.15, -0.1) is 0 Å². The van der Waals surface area contributed by atoms with Crippen molar-refractivity contribution in [1.82, 2.24) is 4.90 Å². The SMILES string of the molecule is COc1ccc(CCN2CCC(C)C(N)C2)cc1. The molecule has 1 aliphatic rings. The van der Waals surface area contributed by atoms with Crippen LogP contribution in [0.2, 0.25) is 0 Å². The lowest BCUT2D eigenvalue weighted by Crippen LogP contribution is -2.48. The van der Waals surface area contributed by atoms with Gasteiger partial charge in [0.05, 0.1) is 7.11 Å². The van der Waals surface area contributed by atoms with Gasteiger partial charge in [0.1, 0.15) is 5.75 Å². The zero-order valence-corrected chi connectivity index (χ0v) is 11.4. The minimum Gasteiger partial charge on any atom is -0.497 e. The van der Waals surface area contributed by atoms with Crippen LogP contribution in [-0.2, 0) is 6.42 Å². The molecule has 0 bridgehead atoms. The van der Waals surface area contributed by atoms with Crippen LogP contribution >= 0.6 is 0 Å². The number of methoxy groups -OCH3 is 1. The Morgan fingerprint density at radius 2 is 2.06 bits per heavy atom. The zero-order valence-electron chi connectivity index (χ0n) is 11.4. The molecule has 3 nitrogen and oxygen atoms in total. The van der Waals surface area contributed by atoms with Gasteiger partial charge in [-0.1, -0.05) is 19.1 Å². The summed E-state index contributed by atoms with van der Waals surface area (Å²) >= 11 is 0. The van der Waals surface area contributed by atoms with Gasteiger partial charge in [0.25, 0.3) is 0 Å². The molecule has 0 spiro atoms. The molecule has 1 aromatic rings. The van der Waals surface area contributed by atoms with E-state index < -0.39 is 0 Å². The molecule has 0 saturated carbocycles. The van der Waals surface area contributed by atoms with Gasteiger partial charge in [0.15, 0.2) is 0 Å². The van der Waals surface area contributed by atoms with Crippen molar-refractivity contribution in [3.63, 3.8) is 0 Å². The summed E-state index contributed by atoms with van der Waals surface area (Å²) in [5.41, 5.74) is 7.48. The average Bonchev–Trinajstić information content (AvgIpc) is 2.41. The maximum atomic E-state index is 6.12. The van der Waals surface area contributed by atoms with Crippen LogP contribution in [0.3, 0.4) is 0 Å². The van der Waals surface area contributed by atoms with Crippen molar-refractivity contribution >= 4 is 0 Å². The summed E-state index contributed by atoms with van der Waals surface area (Å²) in [5, 5.41) is 0. The zero-order chi connectivity index (χ0) is 13.0. The summed E-state index contributed by atoms with van der Waals surface area (Å²) in [5.74, 6) is 1.59. The normalized spacial score (nSPS) is 25.1. The predicted octanol–water partition coefficient (Wildman–Crippen LogP) is 1.91. The topological polar surface area (TPSA) is 38.5 Å². The lowest BCUT2D eigenvalue weighted by molar-refractivity contribution is 0.170. The van der Waals surface area contributed by atoms with Gasteiger partial charge < -0.3 is 15.4 Å². The molecule has 2 rings (SSSR count). The van der Waals surface area contributed by atoms with Crippen LogP contribution < -0.4 is 10.5 Å². The van der Waals surface area contributed by atoms with Crippen molar-refractivity contribution in [2.45, 2.75) is 25.8 Å². The van der Waals surface area contributed by atoms with E-state index in [0.717, 1.165) is 25.3 Å². The monoisotopic (exact) mass is 248 g/mol. The molecule has 0 amide bonds. The van der Waals surface area contributed by atoms with E-state index in [4.69, 9.17) is 10.5 Å². The number of nitrogens with two attached hydrogens (primary N) is 1. The summed E-state index contributed by atoms with van der Waals surface area (Å²) in [7, 11) is 1.70. The van der Waals surface area contributed by atoms with E-state index in [-0.39, 0.29) is 0 Å². The molecule has 1 saturated heterocycles. The minimum absolute atomic E-state index is 0.342. The van der Waals surface area contributed by atoms with Crippen LogP contribution in [-0.4, -0.2) is 37.7 Å². The van der Waals surface area contributed by atoms with E-state index in [2.05, 4.69) is 24.0 Å². The second-order valence-electron chi connectivity index (χ2n) is 5.33. The molecule has 2 unspecified atom stereocenters. The van der Waals surface area contributed by atoms with Gasteiger partial charge in [-0.25, -0.2) is 0 Å². The minimum atomic E-state index is 0.342. The van der Waals surface area contributed by atoms with Crippen LogP contribution in [0.1, 0.15) is 18.9 Å². The molecular weight excluding hydrogens is 224 g/mol. The first-order chi connectivity index (χ1) is 8.69. The number of benzene rings is 1. The van der Waals surface area contributed by atoms with Crippen molar-refractivity contribution < 1.29 is 4.74 Å². The van der Waals surface area contributed by atoms with Crippen LogP contribution in [0.15, 0.2) is 24.3 Å². The summed E-state index contributed by atoms with van der Waals surface area (Å²) in [6.45, 7) is 5.58. The van der Waals surface area contributed by atoms with Crippen molar-refractivity contribution in [1.29, 1.82) is 0 Å². The van der Waals surface area contributed by atoms with Crippen LogP contribution in [0.4, 0.5) is 0 Å². The number of rotatable bonds is 4. The van der Waals surface area contributed by atoms with Gasteiger partial charge in [-0.05, 0) is 43.0 Å². The Morgan fingerprint density at radius 3 is 2.67 bits per heavy atom. The van der Waals surface area contributed by atoms with Gasteiger partial charge in [0, 0.05) is 19.1 Å². The molecule has 1 aliphatic heterocycles. The quantitative estimate of drug-likeness (QED) is 0.884. The van der Waals surface area contributed by atoms with E-state index in [1.54, 1.807) is 7.11 Å². The standard InChI is InChI=1S/C15H24N2O/c1-12-7-9-17(11-15(12)16)10-8-13-3-5-14(18-2)6-4-13/h3-6,12,15H,7-11,16H2,1-2H3. The lowest BCUT2D eigenvalue weighted by atomic mass is 9.94. The largest absolute Gasteiger partial charge is 0.497 e. The number of hydrogen-bond donors (Lipinski definition) is 1. The summed E-state index contributed by atoms with van der Waals surface area (Å²) in [4.78, 5) is 2.48. The third kappa shape index (κ3) is 3.47. The molecule has 18 heavy (non-hydrogen) atoms. The molecular formula is C15H24N2O. The smallest absolute Gasteiger partial charge is 0.118 e. The summed E-state index contributed by atoms with van der Waals surface area (Å²) in [6, 6.07) is 8.68. The molecule has 100 valence electrons. The van der Waals surface area contributed by atoms with E-state index in [1.807, 2.05) is 12.1 Å². The number of likely N-dealkylation sites (tertiary alicyclic amines) is 1. The molecule has 3 heteroatoms. The number of hydrogen-bond acceptors (Lipinski definition) is 3. The third-order valence-electron chi connectivity index (χ3n) is 3.98. The Bertz CT molecular complexity index is 363. The first-order valence-electron chi connectivity index (χ1n) is 6.80. The fourth-order valence-electron chi connectivity index (χ4n) is 2.45. The second-order valence-corrected chi connectivity index (χ2v) is 5.33. The lowest BCUT2D eigenvalue weighted by Gasteiger charge is -2.35. The third-order valence-corrected chi connectivity index (χ3v) is 3.98. The molecule has 1 heterocycles. The summed E-state index contributed by atoms with van der Waals surface area (Å²) in [6.07, 6.45) is 2.31. The van der Waals surface area contributed by atoms with E-state index in [9.17, 15) is 0 Å². The Balaban J connectivity index is 1.80. The number of piperidine rings is 1. The van der Waals surface area contributed by atoms with Gasteiger partial charge in [0.2, 0.25) is 0 Å². The van der Waals surface area contributed by atoms with E-state index in [1.165, 1.54) is 18.5 Å². The first kappa shape index (κ1) is 13.4. The molecule has 1 fully saturated rings. The van der Waals surface area contributed by atoms with Crippen LogP contribution in [0.5, 0.6) is 5.75 Å². The predicted molar refractivity (Wildman–Crippen MR) is 74.9 cm³/mol. The Hall–Kier alpha value is -1.06. The molecule has 2 atom stereocenters. The fourth-order valence-corrected chi connectivity index (χ4v) is 2.45. The van der Waals surface area contributed by atoms with Crippen LogP contribution in [0, 0.1) is 5.92 Å². The number of nitrogens with zero attached hydrogens (tertiary/aromatic N) is 1. The molecule has 1 aromatic carbocycles. The fraction of sp³-hybridized carbons (Fsp3) is 0.600.